The normalized spacial score (nSPS) is 33.1. The molecule has 0 amide bonds. The van der Waals surface area contributed by atoms with Crippen molar-refractivity contribution in [3.63, 3.8) is 0 Å². The summed E-state index contributed by atoms with van der Waals surface area (Å²) in [6, 6.07) is 0. The van der Waals surface area contributed by atoms with Gasteiger partial charge in [-0.25, -0.2) is 0 Å². The first-order valence-electron chi connectivity index (χ1n) is 9.86. The molecule has 3 fully saturated rings. The molecule has 1 saturated heterocycles. The van der Waals surface area contributed by atoms with Crippen molar-refractivity contribution in [3.8, 4) is 0 Å². The van der Waals surface area contributed by atoms with Crippen LogP contribution in [0.1, 0.15) is 70.6 Å². The summed E-state index contributed by atoms with van der Waals surface area (Å²) in [5.74, 6) is 3.27. The molecule has 122 valence electrons. The molecule has 3 rings (SSSR count). The Morgan fingerprint density at radius 1 is 0.810 bits per heavy atom. The molecule has 0 radical (unpaired) electrons. The van der Waals surface area contributed by atoms with Crippen molar-refractivity contribution < 1.29 is 0 Å². The lowest BCUT2D eigenvalue weighted by molar-refractivity contribution is 0.116. The largest absolute Gasteiger partial charge is 0.314 e. The summed E-state index contributed by atoms with van der Waals surface area (Å²) in [5, 5.41) is 3.46. The second kappa shape index (κ2) is 8.53. The lowest BCUT2D eigenvalue weighted by Gasteiger charge is -2.39. The molecule has 21 heavy (non-hydrogen) atoms. The van der Waals surface area contributed by atoms with Crippen LogP contribution < -0.4 is 5.32 Å². The van der Waals surface area contributed by atoms with E-state index in [1.807, 2.05) is 0 Å². The number of hydrogen-bond donors (Lipinski definition) is 1. The van der Waals surface area contributed by atoms with Crippen molar-refractivity contribution in [2.75, 3.05) is 32.7 Å². The number of nitrogens with zero attached hydrogens (tertiary/aromatic N) is 1. The predicted molar refractivity (Wildman–Crippen MR) is 90.6 cm³/mol. The highest BCUT2D eigenvalue weighted by Crippen LogP contribution is 2.43. The average molecular weight is 293 g/mol. The fourth-order valence-corrected chi connectivity index (χ4v) is 5.29. The molecular formula is C19H36N2. The van der Waals surface area contributed by atoms with Gasteiger partial charge in [0.25, 0.3) is 0 Å². The Morgan fingerprint density at radius 3 is 2.33 bits per heavy atom. The van der Waals surface area contributed by atoms with Gasteiger partial charge in [-0.15, -0.1) is 0 Å². The molecular weight excluding hydrogens is 256 g/mol. The van der Waals surface area contributed by atoms with E-state index >= 15 is 0 Å². The molecule has 0 aromatic rings. The topological polar surface area (TPSA) is 15.3 Å². The number of hydrogen-bond acceptors (Lipinski definition) is 2. The molecule has 1 aliphatic heterocycles. The lowest BCUT2D eigenvalue weighted by atomic mass is 9.67. The van der Waals surface area contributed by atoms with Crippen molar-refractivity contribution >= 4 is 0 Å². The van der Waals surface area contributed by atoms with Gasteiger partial charge in [-0.3, -0.25) is 0 Å². The van der Waals surface area contributed by atoms with Crippen molar-refractivity contribution in [1.29, 1.82) is 0 Å². The number of piperazine rings is 1. The summed E-state index contributed by atoms with van der Waals surface area (Å²) < 4.78 is 0. The van der Waals surface area contributed by atoms with Crippen LogP contribution in [-0.2, 0) is 0 Å². The zero-order chi connectivity index (χ0) is 14.3. The van der Waals surface area contributed by atoms with Crippen molar-refractivity contribution in [2.45, 2.75) is 70.6 Å². The second-order valence-corrected chi connectivity index (χ2v) is 7.84. The quantitative estimate of drug-likeness (QED) is 0.822. The smallest absolute Gasteiger partial charge is 0.0107 e. The highest BCUT2D eigenvalue weighted by atomic mass is 15.2. The maximum atomic E-state index is 3.46. The van der Waals surface area contributed by atoms with Crippen LogP contribution >= 0.6 is 0 Å². The van der Waals surface area contributed by atoms with E-state index in [0.29, 0.717) is 0 Å². The standard InChI is InChI=1S/C19H36N2/c1-2-7-17(8-3-1)19-11-5-4-9-18(19)10-6-14-21-15-12-20-13-16-21/h17-20H,1-16H2. The molecule has 2 aliphatic carbocycles. The SMILES string of the molecule is C1CCC(C2CCCCC2CCCN2CCNCC2)CC1. The summed E-state index contributed by atoms with van der Waals surface area (Å²) >= 11 is 0. The van der Waals surface area contributed by atoms with Gasteiger partial charge >= 0.3 is 0 Å². The minimum atomic E-state index is 1.07. The molecule has 0 aromatic carbocycles. The van der Waals surface area contributed by atoms with E-state index in [1.165, 1.54) is 77.7 Å². The molecule has 0 bridgehead atoms. The first-order valence-corrected chi connectivity index (χ1v) is 9.86. The van der Waals surface area contributed by atoms with Gasteiger partial charge in [0.1, 0.15) is 0 Å². The van der Waals surface area contributed by atoms with Crippen LogP contribution in [0.4, 0.5) is 0 Å². The van der Waals surface area contributed by atoms with Crippen molar-refractivity contribution in [3.05, 3.63) is 0 Å². The van der Waals surface area contributed by atoms with Crippen LogP contribution in [0.5, 0.6) is 0 Å². The predicted octanol–water partition coefficient (Wildman–Crippen LogP) is 4.06. The number of nitrogens with one attached hydrogen (secondary N) is 1. The van der Waals surface area contributed by atoms with Crippen LogP contribution in [0.25, 0.3) is 0 Å². The molecule has 1 heterocycles. The van der Waals surface area contributed by atoms with Gasteiger partial charge in [-0.05, 0) is 43.6 Å². The highest BCUT2D eigenvalue weighted by Gasteiger charge is 2.32. The fourth-order valence-electron chi connectivity index (χ4n) is 5.29. The average Bonchev–Trinajstić information content (AvgIpc) is 2.57. The van der Waals surface area contributed by atoms with Gasteiger partial charge in [0.15, 0.2) is 0 Å². The van der Waals surface area contributed by atoms with Crippen LogP contribution in [0, 0.1) is 17.8 Å². The van der Waals surface area contributed by atoms with E-state index in [0.717, 1.165) is 17.8 Å². The van der Waals surface area contributed by atoms with Gasteiger partial charge in [-0.2, -0.15) is 0 Å². The monoisotopic (exact) mass is 292 g/mol. The van der Waals surface area contributed by atoms with Crippen molar-refractivity contribution in [2.24, 2.45) is 17.8 Å². The summed E-state index contributed by atoms with van der Waals surface area (Å²) in [7, 11) is 0. The van der Waals surface area contributed by atoms with Crippen molar-refractivity contribution in [1.82, 2.24) is 10.2 Å². The summed E-state index contributed by atoms with van der Waals surface area (Å²) in [6.07, 6.45) is 16.8. The third-order valence-corrected chi connectivity index (χ3v) is 6.48. The van der Waals surface area contributed by atoms with Gasteiger partial charge in [0, 0.05) is 26.2 Å². The molecule has 3 aliphatic rings. The van der Waals surface area contributed by atoms with Gasteiger partial charge in [-0.1, -0.05) is 51.4 Å². The zero-order valence-corrected chi connectivity index (χ0v) is 14.0. The summed E-state index contributed by atoms with van der Waals surface area (Å²) in [5.41, 5.74) is 0. The first-order chi connectivity index (χ1) is 10.4. The Kier molecular flexibility index (Phi) is 6.42. The Hall–Kier alpha value is -0.0800. The molecule has 2 unspecified atom stereocenters. The van der Waals surface area contributed by atoms with E-state index in [1.54, 1.807) is 25.7 Å². The summed E-state index contributed by atoms with van der Waals surface area (Å²) in [4.78, 5) is 2.68. The maximum absolute atomic E-state index is 3.46. The third kappa shape index (κ3) is 4.69. The Labute approximate surface area is 132 Å². The second-order valence-electron chi connectivity index (χ2n) is 7.84. The Morgan fingerprint density at radius 2 is 1.52 bits per heavy atom. The molecule has 1 N–H and O–H groups in total. The molecule has 2 saturated carbocycles. The van der Waals surface area contributed by atoms with Crippen LogP contribution in [0.3, 0.4) is 0 Å². The van der Waals surface area contributed by atoms with Gasteiger partial charge in [0.2, 0.25) is 0 Å². The molecule has 2 atom stereocenters. The zero-order valence-electron chi connectivity index (χ0n) is 14.0. The first kappa shape index (κ1) is 15.8. The molecule has 2 nitrogen and oxygen atoms in total. The third-order valence-electron chi connectivity index (χ3n) is 6.48. The van der Waals surface area contributed by atoms with E-state index < -0.39 is 0 Å². The van der Waals surface area contributed by atoms with E-state index in [2.05, 4.69) is 10.2 Å². The van der Waals surface area contributed by atoms with Gasteiger partial charge < -0.3 is 10.2 Å². The van der Waals surface area contributed by atoms with Gasteiger partial charge in [0.05, 0.1) is 0 Å². The minimum Gasteiger partial charge on any atom is -0.314 e. The van der Waals surface area contributed by atoms with E-state index in [9.17, 15) is 0 Å². The molecule has 0 spiro atoms. The minimum absolute atomic E-state index is 1.07. The molecule has 0 aromatic heterocycles. The summed E-state index contributed by atoms with van der Waals surface area (Å²) in [6.45, 7) is 6.31. The molecule has 2 heteroatoms. The highest BCUT2D eigenvalue weighted by molar-refractivity contribution is 4.83. The van der Waals surface area contributed by atoms with Crippen LogP contribution in [0.2, 0.25) is 0 Å². The maximum Gasteiger partial charge on any atom is 0.0107 e. The fraction of sp³-hybridized carbons (Fsp3) is 1.00. The van der Waals surface area contributed by atoms with Crippen LogP contribution in [0.15, 0.2) is 0 Å². The lowest BCUT2D eigenvalue weighted by Crippen LogP contribution is -2.43. The Balaban J connectivity index is 1.42. The Bertz CT molecular complexity index is 279. The van der Waals surface area contributed by atoms with E-state index in [4.69, 9.17) is 0 Å². The van der Waals surface area contributed by atoms with Crippen LogP contribution in [-0.4, -0.2) is 37.6 Å². The van der Waals surface area contributed by atoms with E-state index in [-0.39, 0.29) is 0 Å². The number of rotatable bonds is 5.